The average Bonchev–Trinajstić information content (AvgIpc) is 3.06. The first-order valence-corrected chi connectivity index (χ1v) is 9.50. The van der Waals surface area contributed by atoms with Gasteiger partial charge in [-0.1, -0.05) is 42.5 Å². The minimum atomic E-state index is 0.812. The molecule has 2 aliphatic rings. The minimum absolute atomic E-state index is 0.812. The van der Waals surface area contributed by atoms with Crippen molar-refractivity contribution in [2.75, 3.05) is 37.6 Å². The van der Waals surface area contributed by atoms with E-state index in [9.17, 15) is 0 Å². The third-order valence-corrected chi connectivity index (χ3v) is 5.78. The molecule has 0 spiro atoms. The van der Waals surface area contributed by atoms with Crippen molar-refractivity contribution in [1.29, 1.82) is 0 Å². The highest BCUT2D eigenvalue weighted by molar-refractivity contribution is 5.46. The lowest BCUT2D eigenvalue weighted by Gasteiger charge is -2.36. The van der Waals surface area contributed by atoms with E-state index < -0.39 is 0 Å². The second kappa shape index (κ2) is 7.40. The van der Waals surface area contributed by atoms with Crippen molar-refractivity contribution < 1.29 is 0 Å². The van der Waals surface area contributed by atoms with Crippen molar-refractivity contribution in [2.24, 2.45) is 0 Å². The Bertz CT molecular complexity index is 644. The Balaban J connectivity index is 1.21. The fourth-order valence-electron chi connectivity index (χ4n) is 4.37. The fraction of sp³-hybridized carbons (Fsp3) is 0.455. The van der Waals surface area contributed by atoms with Crippen LogP contribution in [0.1, 0.15) is 36.3 Å². The average molecular weight is 320 g/mol. The Labute approximate surface area is 146 Å². The Morgan fingerprint density at radius 2 is 1.58 bits per heavy atom. The molecule has 0 saturated carbocycles. The Morgan fingerprint density at radius 1 is 0.833 bits per heavy atom. The van der Waals surface area contributed by atoms with Crippen LogP contribution in [0.15, 0.2) is 54.6 Å². The van der Waals surface area contributed by atoms with Crippen molar-refractivity contribution in [3.8, 4) is 0 Å². The van der Waals surface area contributed by atoms with Gasteiger partial charge in [0.2, 0.25) is 0 Å². The summed E-state index contributed by atoms with van der Waals surface area (Å²) in [5, 5.41) is 0. The number of benzene rings is 2. The summed E-state index contributed by atoms with van der Waals surface area (Å²) in [5.41, 5.74) is 4.60. The predicted molar refractivity (Wildman–Crippen MR) is 102 cm³/mol. The molecule has 1 atom stereocenters. The van der Waals surface area contributed by atoms with Gasteiger partial charge in [-0.15, -0.1) is 0 Å². The molecule has 0 amide bonds. The monoisotopic (exact) mass is 320 g/mol. The summed E-state index contributed by atoms with van der Waals surface area (Å²) in [7, 11) is 0. The van der Waals surface area contributed by atoms with Crippen molar-refractivity contribution in [3.63, 3.8) is 0 Å². The largest absolute Gasteiger partial charge is 0.369 e. The maximum atomic E-state index is 2.65. The van der Waals surface area contributed by atoms with Crippen molar-refractivity contribution in [1.82, 2.24) is 4.90 Å². The van der Waals surface area contributed by atoms with Crippen molar-refractivity contribution in [3.05, 3.63) is 65.7 Å². The van der Waals surface area contributed by atoms with Crippen LogP contribution < -0.4 is 4.90 Å². The Hall–Kier alpha value is -1.80. The number of para-hydroxylation sites is 1. The Morgan fingerprint density at radius 3 is 2.42 bits per heavy atom. The molecule has 2 heteroatoms. The summed E-state index contributed by atoms with van der Waals surface area (Å²) in [6.45, 7) is 6.00. The zero-order valence-electron chi connectivity index (χ0n) is 14.5. The maximum absolute atomic E-state index is 2.65. The number of rotatable bonds is 5. The summed E-state index contributed by atoms with van der Waals surface area (Å²) < 4.78 is 0. The van der Waals surface area contributed by atoms with Crippen LogP contribution in [0.2, 0.25) is 0 Å². The number of anilines is 1. The van der Waals surface area contributed by atoms with Crippen LogP contribution in [0.5, 0.6) is 0 Å². The van der Waals surface area contributed by atoms with Gasteiger partial charge >= 0.3 is 0 Å². The van der Waals surface area contributed by atoms with Crippen molar-refractivity contribution >= 4 is 5.69 Å². The molecule has 1 saturated heterocycles. The highest BCUT2D eigenvalue weighted by Gasteiger charge is 2.22. The lowest BCUT2D eigenvalue weighted by atomic mass is 9.96. The molecular formula is C22H28N2. The smallest absolute Gasteiger partial charge is 0.0367 e. The maximum Gasteiger partial charge on any atom is 0.0367 e. The molecular weight excluding hydrogens is 292 g/mol. The molecule has 24 heavy (non-hydrogen) atoms. The zero-order chi connectivity index (χ0) is 16.2. The molecule has 0 bridgehead atoms. The van der Waals surface area contributed by atoms with Crippen LogP contribution in [0.25, 0.3) is 0 Å². The number of hydrogen-bond acceptors (Lipinski definition) is 2. The van der Waals surface area contributed by atoms with E-state index in [4.69, 9.17) is 0 Å². The quantitative estimate of drug-likeness (QED) is 0.809. The molecule has 1 unspecified atom stereocenters. The second-order valence-electron chi connectivity index (χ2n) is 7.24. The van der Waals surface area contributed by atoms with Crippen LogP contribution in [0, 0.1) is 0 Å². The van der Waals surface area contributed by atoms with Crippen LogP contribution >= 0.6 is 0 Å². The summed E-state index contributed by atoms with van der Waals surface area (Å²) in [5.74, 6) is 0.812. The number of aryl methyl sites for hydroxylation is 1. The number of fused-ring (bicyclic) bond motifs is 1. The summed E-state index contributed by atoms with van der Waals surface area (Å²) in [4.78, 5) is 5.17. The van der Waals surface area contributed by atoms with Crippen LogP contribution in [0.3, 0.4) is 0 Å². The molecule has 2 aromatic rings. The lowest BCUT2D eigenvalue weighted by molar-refractivity contribution is 0.250. The summed E-state index contributed by atoms with van der Waals surface area (Å²) >= 11 is 0. The van der Waals surface area contributed by atoms with Gasteiger partial charge in [0.25, 0.3) is 0 Å². The SMILES string of the molecule is c1ccc(N2CCN(CCCC3CCc4ccccc43)CC2)cc1. The van der Waals surface area contributed by atoms with Crippen molar-refractivity contribution in [2.45, 2.75) is 31.6 Å². The van der Waals surface area contributed by atoms with E-state index in [1.54, 1.807) is 11.1 Å². The number of hydrogen-bond donors (Lipinski definition) is 0. The molecule has 1 fully saturated rings. The van der Waals surface area contributed by atoms with Crippen LogP contribution in [-0.4, -0.2) is 37.6 Å². The van der Waals surface area contributed by atoms with Gasteiger partial charge in [-0.25, -0.2) is 0 Å². The van der Waals surface area contributed by atoms with E-state index in [-0.39, 0.29) is 0 Å². The van der Waals surface area contributed by atoms with E-state index in [0.29, 0.717) is 0 Å². The molecule has 0 aromatic heterocycles. The van der Waals surface area contributed by atoms with Gasteiger partial charge in [0.15, 0.2) is 0 Å². The fourth-order valence-corrected chi connectivity index (χ4v) is 4.37. The van der Waals surface area contributed by atoms with E-state index in [0.717, 1.165) is 19.0 Å². The molecule has 0 radical (unpaired) electrons. The molecule has 2 nitrogen and oxygen atoms in total. The predicted octanol–water partition coefficient (Wildman–Crippen LogP) is 4.32. The Kier molecular flexibility index (Phi) is 4.84. The first kappa shape index (κ1) is 15.7. The highest BCUT2D eigenvalue weighted by atomic mass is 15.3. The van der Waals surface area contributed by atoms with Gasteiger partial charge < -0.3 is 4.90 Å². The van der Waals surface area contributed by atoms with E-state index in [1.165, 1.54) is 51.0 Å². The summed E-state index contributed by atoms with van der Waals surface area (Å²) in [6.07, 6.45) is 5.35. The van der Waals surface area contributed by atoms with Crippen LogP contribution in [0.4, 0.5) is 5.69 Å². The van der Waals surface area contributed by atoms with Gasteiger partial charge in [-0.2, -0.15) is 0 Å². The van der Waals surface area contributed by atoms with E-state index in [2.05, 4.69) is 64.4 Å². The number of nitrogens with zero attached hydrogens (tertiary/aromatic N) is 2. The molecule has 1 aliphatic heterocycles. The molecule has 4 rings (SSSR count). The van der Waals surface area contributed by atoms with Gasteiger partial charge in [-0.3, -0.25) is 4.90 Å². The summed E-state index contributed by atoms with van der Waals surface area (Å²) in [6, 6.07) is 19.9. The molecule has 1 heterocycles. The third-order valence-electron chi connectivity index (χ3n) is 5.78. The molecule has 2 aromatic carbocycles. The van der Waals surface area contributed by atoms with E-state index >= 15 is 0 Å². The normalized spacial score (nSPS) is 21.0. The standard InChI is InChI=1S/C22H28N2/c1-2-9-21(10-3-1)24-17-15-23(16-18-24)14-6-8-20-13-12-19-7-4-5-11-22(19)20/h1-5,7,9-11,20H,6,8,12-18H2. The van der Waals surface area contributed by atoms with Gasteiger partial charge in [0.1, 0.15) is 0 Å². The van der Waals surface area contributed by atoms with Crippen LogP contribution in [-0.2, 0) is 6.42 Å². The van der Waals surface area contributed by atoms with Gasteiger partial charge in [0, 0.05) is 31.9 Å². The minimum Gasteiger partial charge on any atom is -0.369 e. The zero-order valence-corrected chi connectivity index (χ0v) is 14.5. The molecule has 1 aliphatic carbocycles. The second-order valence-corrected chi connectivity index (χ2v) is 7.24. The first-order chi connectivity index (χ1) is 11.9. The van der Waals surface area contributed by atoms with Gasteiger partial charge in [-0.05, 0) is 61.4 Å². The van der Waals surface area contributed by atoms with Gasteiger partial charge in [0.05, 0.1) is 0 Å². The van der Waals surface area contributed by atoms with E-state index in [1.807, 2.05) is 0 Å². The number of piperazine rings is 1. The topological polar surface area (TPSA) is 6.48 Å². The lowest BCUT2D eigenvalue weighted by Crippen LogP contribution is -2.46. The highest BCUT2D eigenvalue weighted by Crippen LogP contribution is 2.35. The molecule has 126 valence electrons. The first-order valence-electron chi connectivity index (χ1n) is 9.50. The third kappa shape index (κ3) is 3.49. The molecule has 0 N–H and O–H groups in total.